The van der Waals surface area contributed by atoms with E-state index < -0.39 is 4.92 Å². The van der Waals surface area contributed by atoms with Crippen molar-refractivity contribution in [1.29, 1.82) is 0 Å². The molecule has 2 aromatic carbocycles. The number of nitro benzene ring substituents is 1. The molecule has 0 spiro atoms. The van der Waals surface area contributed by atoms with Crippen molar-refractivity contribution in [2.45, 2.75) is 32.4 Å². The van der Waals surface area contributed by atoms with Crippen molar-refractivity contribution in [2.24, 2.45) is 0 Å². The van der Waals surface area contributed by atoms with Crippen LogP contribution in [0.1, 0.15) is 41.1 Å². The molecule has 1 fully saturated rings. The summed E-state index contributed by atoms with van der Waals surface area (Å²) in [5.74, 6) is 0.899. The zero-order valence-electron chi connectivity index (χ0n) is 24.2. The summed E-state index contributed by atoms with van der Waals surface area (Å²) in [7, 11) is 3.09. The Morgan fingerprint density at radius 2 is 1.81 bits per heavy atom. The summed E-state index contributed by atoms with van der Waals surface area (Å²) < 4.78 is 12.9. The summed E-state index contributed by atoms with van der Waals surface area (Å²) >= 11 is 5.81. The second-order valence-corrected chi connectivity index (χ2v) is 10.5. The Morgan fingerprint density at radius 1 is 1.07 bits per heavy atom. The van der Waals surface area contributed by atoms with Gasteiger partial charge in [-0.15, -0.1) is 0 Å². The number of ether oxygens (including phenoxy) is 2. The summed E-state index contributed by atoms with van der Waals surface area (Å²) in [5, 5.41) is 18.5. The number of aryl methyl sites for hydroxylation is 1. The van der Waals surface area contributed by atoms with Crippen LogP contribution in [0.2, 0.25) is 0 Å². The fourth-order valence-electron chi connectivity index (χ4n) is 5.59. The van der Waals surface area contributed by atoms with Gasteiger partial charge in [0.1, 0.15) is 11.5 Å². The molecule has 1 saturated heterocycles. The second-order valence-electron chi connectivity index (χ2n) is 10.1. The van der Waals surface area contributed by atoms with Gasteiger partial charge in [0.05, 0.1) is 48.3 Å². The first-order valence-corrected chi connectivity index (χ1v) is 14.1. The molecule has 0 saturated carbocycles. The number of nitro groups is 1. The van der Waals surface area contributed by atoms with Crippen molar-refractivity contribution in [3.63, 3.8) is 0 Å². The summed E-state index contributed by atoms with van der Waals surface area (Å²) in [6.07, 6.45) is 1.90. The van der Waals surface area contributed by atoms with Crippen LogP contribution in [0.25, 0.3) is 5.69 Å². The number of benzene rings is 2. The van der Waals surface area contributed by atoms with Crippen molar-refractivity contribution in [3.05, 3.63) is 106 Å². The van der Waals surface area contributed by atoms with Gasteiger partial charge in [-0.2, -0.15) is 0 Å². The molecule has 2 N–H and O–H groups in total. The number of anilines is 1. The van der Waals surface area contributed by atoms with Crippen molar-refractivity contribution >= 4 is 34.6 Å². The van der Waals surface area contributed by atoms with Crippen LogP contribution in [0, 0.1) is 24.0 Å². The lowest BCUT2D eigenvalue weighted by atomic mass is 9.96. The molecule has 3 heterocycles. The third-order valence-corrected chi connectivity index (χ3v) is 7.91. The molecule has 0 radical (unpaired) electrons. The Kier molecular flexibility index (Phi) is 8.58. The predicted octanol–water partition coefficient (Wildman–Crippen LogP) is 5.42. The minimum absolute atomic E-state index is 0.0393. The van der Waals surface area contributed by atoms with Gasteiger partial charge < -0.3 is 29.6 Å². The van der Waals surface area contributed by atoms with E-state index in [1.54, 1.807) is 31.5 Å². The largest absolute Gasteiger partial charge is 0.495 e. The van der Waals surface area contributed by atoms with Crippen molar-refractivity contribution in [2.75, 3.05) is 26.1 Å². The third kappa shape index (κ3) is 5.86. The van der Waals surface area contributed by atoms with E-state index in [2.05, 4.69) is 15.6 Å². The van der Waals surface area contributed by atoms with Crippen LogP contribution in [-0.4, -0.2) is 51.2 Å². The molecule has 0 bridgehead atoms. The fourth-order valence-corrected chi connectivity index (χ4v) is 5.92. The van der Waals surface area contributed by atoms with Gasteiger partial charge in [0.2, 0.25) is 5.91 Å². The average Bonchev–Trinajstić information content (AvgIpc) is 3.50. The van der Waals surface area contributed by atoms with Crippen LogP contribution in [-0.2, 0) is 4.79 Å². The number of amides is 1. The lowest BCUT2D eigenvalue weighted by Gasteiger charge is -2.28. The Bertz CT molecular complexity index is 1670. The van der Waals surface area contributed by atoms with E-state index in [9.17, 15) is 14.9 Å². The minimum Gasteiger partial charge on any atom is -0.495 e. The van der Waals surface area contributed by atoms with Crippen LogP contribution in [0.15, 0.2) is 72.9 Å². The topological polar surface area (TPSA) is 124 Å². The number of non-ortho nitro benzene ring substituents is 1. The molecule has 4 aromatic rings. The Hall–Kier alpha value is -4.97. The monoisotopic (exact) mass is 600 g/mol. The molecule has 0 aliphatic carbocycles. The van der Waals surface area contributed by atoms with Crippen LogP contribution in [0.3, 0.4) is 0 Å². The molecule has 43 heavy (non-hydrogen) atoms. The normalized spacial score (nSPS) is 16.1. The maximum Gasteiger partial charge on any atom is 0.271 e. The fraction of sp³-hybridized carbons (Fsp3) is 0.258. The maximum atomic E-state index is 13.1. The number of carbonyl (C=O) groups is 1. The molecule has 1 aliphatic rings. The van der Waals surface area contributed by atoms with Gasteiger partial charge in [-0.05, 0) is 68.0 Å². The molecule has 11 nitrogen and oxygen atoms in total. The number of carbonyl (C=O) groups excluding carboxylic acids is 1. The van der Waals surface area contributed by atoms with Gasteiger partial charge >= 0.3 is 0 Å². The van der Waals surface area contributed by atoms with Gasteiger partial charge in [0, 0.05) is 42.7 Å². The SMILES string of the molecule is COc1ccccc1NC(=O)CCN1C(=S)NC(c2ccccn2)C1c1cc(C)n(-c2cc([N+](=O)[O-])ccc2OC)c1C. The first-order chi connectivity index (χ1) is 20.7. The highest BCUT2D eigenvalue weighted by atomic mass is 32.1. The van der Waals surface area contributed by atoms with Crippen molar-refractivity contribution < 1.29 is 19.2 Å². The smallest absolute Gasteiger partial charge is 0.271 e. The number of rotatable bonds is 10. The molecule has 1 aliphatic heterocycles. The number of pyridine rings is 1. The summed E-state index contributed by atoms with van der Waals surface area (Å²) in [6, 6.07) is 18.9. The van der Waals surface area contributed by atoms with Gasteiger partial charge in [-0.25, -0.2) is 0 Å². The zero-order chi connectivity index (χ0) is 30.7. The summed E-state index contributed by atoms with van der Waals surface area (Å²) in [5.41, 5.74) is 4.57. The molecule has 2 atom stereocenters. The number of nitrogens with zero attached hydrogens (tertiary/aromatic N) is 4. The lowest BCUT2D eigenvalue weighted by Crippen LogP contribution is -2.33. The number of methoxy groups -OCH3 is 2. The molecular formula is C31H32N6O5S. The van der Waals surface area contributed by atoms with Crippen LogP contribution in [0.5, 0.6) is 11.5 Å². The first-order valence-electron chi connectivity index (χ1n) is 13.7. The summed E-state index contributed by atoms with van der Waals surface area (Å²) in [6.45, 7) is 4.24. The van der Waals surface area contributed by atoms with Crippen LogP contribution >= 0.6 is 12.2 Å². The van der Waals surface area contributed by atoms with Crippen LogP contribution < -0.4 is 20.1 Å². The quantitative estimate of drug-likeness (QED) is 0.140. The number of para-hydroxylation sites is 2. The number of aromatic nitrogens is 2. The molecule has 12 heteroatoms. The number of thiocarbonyl (C=S) groups is 1. The highest BCUT2D eigenvalue weighted by Gasteiger charge is 2.41. The van der Waals surface area contributed by atoms with Crippen molar-refractivity contribution in [3.8, 4) is 17.2 Å². The predicted molar refractivity (Wildman–Crippen MR) is 167 cm³/mol. The van der Waals surface area contributed by atoms with Gasteiger partial charge in [-0.1, -0.05) is 18.2 Å². The lowest BCUT2D eigenvalue weighted by molar-refractivity contribution is -0.384. The van der Waals surface area contributed by atoms with Crippen LogP contribution in [0.4, 0.5) is 11.4 Å². The standard InChI is InChI=1S/C31H32N6O5S/c1-19-17-22(20(2)36(19)25-18-21(37(39)40)12-13-27(25)42-4)30-29(24-10-7-8-15-32-24)34-31(43)35(30)16-14-28(38)33-23-9-5-6-11-26(23)41-3/h5-13,15,17-18,29-30H,14,16H2,1-4H3,(H,33,38)(H,34,43). The van der Waals surface area contributed by atoms with Gasteiger partial charge in [0.15, 0.2) is 5.11 Å². The third-order valence-electron chi connectivity index (χ3n) is 7.56. The number of hydrogen-bond acceptors (Lipinski definition) is 7. The molecule has 2 unspecified atom stereocenters. The molecule has 1 amide bonds. The first kappa shape index (κ1) is 29.5. The van der Waals surface area contributed by atoms with Gasteiger partial charge in [-0.3, -0.25) is 19.9 Å². The molecule has 5 rings (SSSR count). The molecule has 2 aromatic heterocycles. The Morgan fingerprint density at radius 3 is 2.51 bits per heavy atom. The van der Waals surface area contributed by atoms with E-state index >= 15 is 0 Å². The Balaban J connectivity index is 1.52. The molecule has 222 valence electrons. The number of hydrogen-bond donors (Lipinski definition) is 2. The highest BCUT2D eigenvalue weighted by molar-refractivity contribution is 7.80. The maximum absolute atomic E-state index is 13.1. The highest BCUT2D eigenvalue weighted by Crippen LogP contribution is 2.42. The van der Waals surface area contributed by atoms with Gasteiger partial charge in [0.25, 0.3) is 5.69 Å². The number of nitrogens with one attached hydrogen (secondary N) is 2. The van der Waals surface area contributed by atoms with E-state index in [1.165, 1.54) is 19.2 Å². The molecular weight excluding hydrogens is 568 g/mol. The summed E-state index contributed by atoms with van der Waals surface area (Å²) in [4.78, 5) is 30.9. The Labute approximate surface area is 254 Å². The van der Waals surface area contributed by atoms with Crippen molar-refractivity contribution in [1.82, 2.24) is 19.8 Å². The van der Waals surface area contributed by atoms with E-state index in [-0.39, 0.29) is 30.1 Å². The zero-order valence-corrected chi connectivity index (χ0v) is 25.1. The average molecular weight is 601 g/mol. The minimum atomic E-state index is -0.424. The van der Waals surface area contributed by atoms with E-state index in [4.69, 9.17) is 21.7 Å². The van der Waals surface area contributed by atoms with E-state index in [0.29, 0.717) is 34.5 Å². The van der Waals surface area contributed by atoms with E-state index in [0.717, 1.165) is 22.6 Å². The van der Waals surface area contributed by atoms with E-state index in [1.807, 2.05) is 59.7 Å². The second kappa shape index (κ2) is 12.5.